The van der Waals surface area contributed by atoms with Crippen molar-refractivity contribution >= 4 is 5.69 Å². The van der Waals surface area contributed by atoms with Crippen LogP contribution in [-0.2, 0) is 6.61 Å². The van der Waals surface area contributed by atoms with E-state index in [4.69, 9.17) is 20.3 Å². The van der Waals surface area contributed by atoms with Crippen molar-refractivity contribution in [2.75, 3.05) is 12.8 Å². The van der Waals surface area contributed by atoms with Gasteiger partial charge in [0.25, 0.3) is 0 Å². The van der Waals surface area contributed by atoms with Gasteiger partial charge in [0, 0.05) is 6.07 Å². The summed E-state index contributed by atoms with van der Waals surface area (Å²) >= 11 is 0. The third-order valence-corrected chi connectivity index (χ3v) is 2.55. The lowest BCUT2D eigenvalue weighted by molar-refractivity contribution is 0.281. The van der Waals surface area contributed by atoms with Gasteiger partial charge in [0.05, 0.1) is 19.4 Å². The topological polar surface area (TPSA) is 64.7 Å². The van der Waals surface area contributed by atoms with E-state index >= 15 is 0 Å². The van der Waals surface area contributed by atoms with E-state index in [1.54, 1.807) is 49.6 Å². The molecule has 2 aromatic rings. The van der Waals surface area contributed by atoms with Gasteiger partial charge in [-0.05, 0) is 29.8 Å². The first-order valence-electron chi connectivity index (χ1n) is 5.54. The fourth-order valence-corrected chi connectivity index (χ4v) is 1.54. The predicted molar refractivity (Wildman–Crippen MR) is 69.8 cm³/mol. The van der Waals surface area contributed by atoms with Gasteiger partial charge in [-0.25, -0.2) is 0 Å². The fourth-order valence-electron chi connectivity index (χ4n) is 1.54. The third kappa shape index (κ3) is 2.73. The minimum atomic E-state index is 0.0188. The van der Waals surface area contributed by atoms with Gasteiger partial charge in [0.2, 0.25) is 0 Å². The molecule has 0 atom stereocenters. The maximum absolute atomic E-state index is 8.95. The minimum Gasteiger partial charge on any atom is -0.497 e. The number of methoxy groups -OCH3 is 1. The van der Waals surface area contributed by atoms with Gasteiger partial charge in [-0.2, -0.15) is 0 Å². The molecule has 0 unspecified atom stereocenters. The van der Waals surface area contributed by atoms with Gasteiger partial charge in [0.15, 0.2) is 5.75 Å². The van der Waals surface area contributed by atoms with E-state index in [1.165, 1.54) is 0 Å². The smallest absolute Gasteiger partial charge is 0.150 e. The number of hydrogen-bond donors (Lipinski definition) is 2. The van der Waals surface area contributed by atoms with Crippen LogP contribution in [0.25, 0.3) is 0 Å². The van der Waals surface area contributed by atoms with Gasteiger partial charge >= 0.3 is 0 Å². The van der Waals surface area contributed by atoms with Crippen molar-refractivity contribution in [3.8, 4) is 17.2 Å². The number of rotatable bonds is 4. The number of nitrogen functional groups attached to an aromatic ring is 1. The summed E-state index contributed by atoms with van der Waals surface area (Å²) < 4.78 is 10.7. The molecule has 0 heterocycles. The minimum absolute atomic E-state index is 0.0188. The summed E-state index contributed by atoms with van der Waals surface area (Å²) in [4.78, 5) is 0. The highest BCUT2D eigenvalue weighted by atomic mass is 16.5. The van der Waals surface area contributed by atoms with E-state index < -0.39 is 0 Å². The third-order valence-electron chi connectivity index (χ3n) is 2.55. The van der Waals surface area contributed by atoms with E-state index in [9.17, 15) is 0 Å². The van der Waals surface area contributed by atoms with Crippen LogP contribution in [0.3, 0.4) is 0 Å². The van der Waals surface area contributed by atoms with Gasteiger partial charge < -0.3 is 20.3 Å². The molecule has 0 amide bonds. The number of hydrogen-bond acceptors (Lipinski definition) is 4. The molecule has 0 aliphatic carbocycles. The van der Waals surface area contributed by atoms with E-state index in [0.717, 1.165) is 5.56 Å². The number of anilines is 1. The Morgan fingerprint density at radius 1 is 1.06 bits per heavy atom. The number of nitrogens with two attached hydrogens (primary N) is 1. The number of ether oxygens (including phenoxy) is 2. The summed E-state index contributed by atoms with van der Waals surface area (Å²) in [6.07, 6.45) is 0. The molecule has 0 aromatic heterocycles. The highest BCUT2D eigenvalue weighted by Gasteiger charge is 2.04. The zero-order chi connectivity index (χ0) is 13.0. The molecule has 0 aliphatic rings. The standard InChI is InChI=1S/C14H15NO3/c1-17-12-6-7-14(13(15)8-12)18-11-4-2-10(9-16)3-5-11/h2-8,16H,9,15H2,1H3. The Morgan fingerprint density at radius 3 is 2.28 bits per heavy atom. The number of benzene rings is 2. The summed E-state index contributed by atoms with van der Waals surface area (Å²) in [5.41, 5.74) is 7.21. The summed E-state index contributed by atoms with van der Waals surface area (Å²) in [7, 11) is 1.59. The molecule has 2 aromatic carbocycles. The van der Waals surface area contributed by atoms with Crippen LogP contribution < -0.4 is 15.2 Å². The van der Waals surface area contributed by atoms with Crippen molar-refractivity contribution in [1.82, 2.24) is 0 Å². The first kappa shape index (κ1) is 12.3. The second kappa shape index (κ2) is 5.42. The lowest BCUT2D eigenvalue weighted by atomic mass is 10.2. The normalized spacial score (nSPS) is 10.1. The molecule has 0 fully saturated rings. The SMILES string of the molecule is COc1ccc(Oc2ccc(CO)cc2)c(N)c1. The first-order valence-corrected chi connectivity index (χ1v) is 5.54. The van der Waals surface area contributed by atoms with Crippen LogP contribution in [-0.4, -0.2) is 12.2 Å². The molecule has 2 rings (SSSR count). The Labute approximate surface area is 106 Å². The van der Waals surface area contributed by atoms with Crippen molar-refractivity contribution in [3.63, 3.8) is 0 Å². The van der Waals surface area contributed by atoms with Crippen molar-refractivity contribution in [2.24, 2.45) is 0 Å². The average Bonchev–Trinajstić information content (AvgIpc) is 2.42. The van der Waals surface area contributed by atoms with Crippen molar-refractivity contribution in [1.29, 1.82) is 0 Å². The summed E-state index contributed by atoms with van der Waals surface area (Å²) in [5, 5.41) is 8.95. The molecule has 0 bridgehead atoms. The van der Waals surface area contributed by atoms with E-state index in [0.29, 0.717) is 22.9 Å². The maximum Gasteiger partial charge on any atom is 0.150 e. The van der Waals surface area contributed by atoms with Gasteiger partial charge in [-0.3, -0.25) is 0 Å². The monoisotopic (exact) mass is 245 g/mol. The van der Waals surface area contributed by atoms with E-state index in [2.05, 4.69) is 0 Å². The van der Waals surface area contributed by atoms with Crippen LogP contribution in [0.4, 0.5) is 5.69 Å². The predicted octanol–water partition coefficient (Wildman–Crippen LogP) is 2.56. The lowest BCUT2D eigenvalue weighted by Gasteiger charge is -2.10. The second-order valence-electron chi connectivity index (χ2n) is 3.81. The van der Waals surface area contributed by atoms with Gasteiger partial charge in [-0.15, -0.1) is 0 Å². The fraction of sp³-hybridized carbons (Fsp3) is 0.143. The first-order chi connectivity index (χ1) is 8.72. The Balaban J connectivity index is 2.17. The van der Waals surface area contributed by atoms with Crippen molar-refractivity contribution in [2.45, 2.75) is 6.61 Å². The molecule has 4 heteroatoms. The Hall–Kier alpha value is -2.20. The van der Waals surface area contributed by atoms with E-state index in [-0.39, 0.29) is 6.61 Å². The van der Waals surface area contributed by atoms with Gasteiger partial charge in [0.1, 0.15) is 11.5 Å². The van der Waals surface area contributed by atoms with Crippen LogP contribution in [0, 0.1) is 0 Å². The molecule has 0 saturated carbocycles. The van der Waals surface area contributed by atoms with Crippen LogP contribution in [0.1, 0.15) is 5.56 Å². The van der Waals surface area contributed by atoms with E-state index in [1.807, 2.05) is 0 Å². The molecule has 0 radical (unpaired) electrons. The zero-order valence-electron chi connectivity index (χ0n) is 10.1. The number of aliphatic hydroxyl groups is 1. The largest absolute Gasteiger partial charge is 0.497 e. The quantitative estimate of drug-likeness (QED) is 0.812. The van der Waals surface area contributed by atoms with Crippen LogP contribution in [0.2, 0.25) is 0 Å². The zero-order valence-corrected chi connectivity index (χ0v) is 10.1. The Kier molecular flexibility index (Phi) is 3.69. The average molecular weight is 245 g/mol. The molecule has 0 aliphatic heterocycles. The van der Waals surface area contributed by atoms with Crippen molar-refractivity contribution in [3.05, 3.63) is 48.0 Å². The summed E-state index contributed by atoms with van der Waals surface area (Å²) in [6, 6.07) is 12.4. The lowest BCUT2D eigenvalue weighted by Crippen LogP contribution is -1.93. The van der Waals surface area contributed by atoms with Crippen molar-refractivity contribution < 1.29 is 14.6 Å². The molecule has 3 N–H and O–H groups in total. The molecule has 0 saturated heterocycles. The Morgan fingerprint density at radius 2 is 1.72 bits per heavy atom. The van der Waals surface area contributed by atoms with Crippen LogP contribution >= 0.6 is 0 Å². The molecule has 18 heavy (non-hydrogen) atoms. The van der Waals surface area contributed by atoms with Crippen LogP contribution in [0.15, 0.2) is 42.5 Å². The molecule has 94 valence electrons. The second-order valence-corrected chi connectivity index (χ2v) is 3.81. The summed E-state index contributed by atoms with van der Waals surface area (Å²) in [5.74, 6) is 1.94. The highest BCUT2D eigenvalue weighted by Crippen LogP contribution is 2.30. The van der Waals surface area contributed by atoms with Crippen LogP contribution in [0.5, 0.6) is 17.2 Å². The molecular formula is C14H15NO3. The van der Waals surface area contributed by atoms with Gasteiger partial charge in [-0.1, -0.05) is 12.1 Å². The molecule has 0 spiro atoms. The number of aliphatic hydroxyl groups excluding tert-OH is 1. The Bertz CT molecular complexity index is 523. The molecule has 4 nitrogen and oxygen atoms in total. The molecular weight excluding hydrogens is 230 g/mol. The summed E-state index contributed by atoms with van der Waals surface area (Å²) in [6.45, 7) is 0.0188. The highest BCUT2D eigenvalue weighted by molar-refractivity contribution is 5.57. The maximum atomic E-state index is 8.95.